The number of ether oxygens (including phenoxy) is 1. The SMILES string of the molecule is CCCN(CCc1ccc(Oc2ccc(C(N)=O)cn2)cc1)C1CCCC1. The minimum Gasteiger partial charge on any atom is -0.439 e. The Balaban J connectivity index is 1.54. The summed E-state index contributed by atoms with van der Waals surface area (Å²) in [6.07, 6.45) is 9.17. The average Bonchev–Trinajstić information content (AvgIpc) is 3.21. The molecule has 1 aliphatic rings. The van der Waals surface area contributed by atoms with E-state index in [0.717, 1.165) is 24.8 Å². The second kappa shape index (κ2) is 9.51. The Bertz CT molecular complexity index is 722. The Morgan fingerprint density at radius 3 is 2.48 bits per heavy atom. The van der Waals surface area contributed by atoms with E-state index in [4.69, 9.17) is 10.5 Å². The molecule has 2 aromatic rings. The van der Waals surface area contributed by atoms with Crippen LogP contribution in [-0.4, -0.2) is 34.9 Å². The van der Waals surface area contributed by atoms with Crippen LogP contribution in [-0.2, 0) is 6.42 Å². The zero-order valence-electron chi connectivity index (χ0n) is 16.1. The van der Waals surface area contributed by atoms with Crippen LogP contribution in [0.5, 0.6) is 11.6 Å². The number of hydrogen-bond donors (Lipinski definition) is 1. The predicted molar refractivity (Wildman–Crippen MR) is 107 cm³/mol. The molecule has 0 atom stereocenters. The average molecular weight is 367 g/mol. The minimum absolute atomic E-state index is 0.372. The van der Waals surface area contributed by atoms with Crippen molar-refractivity contribution in [3.63, 3.8) is 0 Å². The van der Waals surface area contributed by atoms with Gasteiger partial charge in [-0.25, -0.2) is 4.98 Å². The van der Waals surface area contributed by atoms with Gasteiger partial charge < -0.3 is 15.4 Å². The van der Waals surface area contributed by atoms with Crippen molar-refractivity contribution in [1.82, 2.24) is 9.88 Å². The third-order valence-corrected chi connectivity index (χ3v) is 5.21. The van der Waals surface area contributed by atoms with Crippen LogP contribution >= 0.6 is 0 Å². The summed E-state index contributed by atoms with van der Waals surface area (Å²) in [5.74, 6) is 0.690. The van der Waals surface area contributed by atoms with Crippen molar-refractivity contribution in [2.45, 2.75) is 51.5 Å². The largest absolute Gasteiger partial charge is 0.439 e. The maximum Gasteiger partial charge on any atom is 0.250 e. The molecule has 1 aliphatic carbocycles. The minimum atomic E-state index is -0.492. The molecule has 1 saturated carbocycles. The molecule has 0 spiro atoms. The Labute approximate surface area is 161 Å². The van der Waals surface area contributed by atoms with E-state index in [9.17, 15) is 4.79 Å². The van der Waals surface area contributed by atoms with Gasteiger partial charge in [-0.1, -0.05) is 31.9 Å². The molecule has 1 aromatic carbocycles. The van der Waals surface area contributed by atoms with Crippen LogP contribution < -0.4 is 10.5 Å². The van der Waals surface area contributed by atoms with Crippen LogP contribution in [0.1, 0.15) is 54.9 Å². The van der Waals surface area contributed by atoms with Gasteiger partial charge in [-0.05, 0) is 56.0 Å². The third kappa shape index (κ3) is 5.54. The zero-order valence-corrected chi connectivity index (χ0v) is 16.1. The van der Waals surface area contributed by atoms with Crippen molar-refractivity contribution >= 4 is 5.91 Å². The van der Waals surface area contributed by atoms with Crippen molar-refractivity contribution in [3.05, 3.63) is 53.7 Å². The lowest BCUT2D eigenvalue weighted by Gasteiger charge is -2.28. The fraction of sp³-hybridized carbons (Fsp3) is 0.455. The molecule has 1 fully saturated rings. The fourth-order valence-electron chi connectivity index (χ4n) is 3.74. The molecule has 2 N–H and O–H groups in total. The number of aromatic nitrogens is 1. The van der Waals surface area contributed by atoms with Gasteiger partial charge in [0.05, 0.1) is 5.56 Å². The van der Waals surface area contributed by atoms with Crippen molar-refractivity contribution in [3.8, 4) is 11.6 Å². The summed E-state index contributed by atoms with van der Waals surface area (Å²) in [6.45, 7) is 4.58. The number of nitrogens with two attached hydrogens (primary N) is 1. The topological polar surface area (TPSA) is 68.5 Å². The maximum absolute atomic E-state index is 11.1. The molecule has 0 unspecified atom stereocenters. The Hall–Kier alpha value is -2.40. The number of amides is 1. The van der Waals surface area contributed by atoms with Crippen LogP contribution in [0.4, 0.5) is 0 Å². The van der Waals surface area contributed by atoms with Gasteiger partial charge in [0.1, 0.15) is 5.75 Å². The first-order valence-corrected chi connectivity index (χ1v) is 9.92. The lowest BCUT2D eigenvalue weighted by molar-refractivity contribution is 0.1000. The summed E-state index contributed by atoms with van der Waals surface area (Å²) in [4.78, 5) is 17.9. The molecule has 27 heavy (non-hydrogen) atoms. The van der Waals surface area contributed by atoms with E-state index in [1.54, 1.807) is 12.1 Å². The standard InChI is InChI=1S/C22H29N3O2/c1-2-14-25(19-5-3-4-6-19)15-13-17-7-10-20(11-8-17)27-21-12-9-18(16-24-21)22(23)26/h7-12,16,19H,2-6,13-15H2,1H3,(H2,23,26). The molecule has 5 heteroatoms. The first-order valence-electron chi connectivity index (χ1n) is 9.92. The number of hydrogen-bond acceptors (Lipinski definition) is 4. The summed E-state index contributed by atoms with van der Waals surface area (Å²) in [6, 6.07) is 12.2. The molecule has 3 rings (SSSR count). The third-order valence-electron chi connectivity index (χ3n) is 5.21. The molecule has 1 aromatic heterocycles. The summed E-state index contributed by atoms with van der Waals surface area (Å²) in [7, 11) is 0. The second-order valence-corrected chi connectivity index (χ2v) is 7.22. The second-order valence-electron chi connectivity index (χ2n) is 7.22. The predicted octanol–water partition coefficient (Wildman–Crippen LogP) is 4.17. The first-order chi connectivity index (χ1) is 13.2. The van der Waals surface area contributed by atoms with E-state index >= 15 is 0 Å². The molecule has 0 bridgehead atoms. The van der Waals surface area contributed by atoms with E-state index in [-0.39, 0.29) is 0 Å². The molecule has 1 amide bonds. The van der Waals surface area contributed by atoms with Gasteiger partial charge in [0.2, 0.25) is 11.8 Å². The van der Waals surface area contributed by atoms with Gasteiger partial charge in [-0.15, -0.1) is 0 Å². The van der Waals surface area contributed by atoms with E-state index < -0.39 is 5.91 Å². The highest BCUT2D eigenvalue weighted by molar-refractivity contribution is 5.92. The first kappa shape index (κ1) is 19.4. The Kier molecular flexibility index (Phi) is 6.82. The molecule has 0 aliphatic heterocycles. The Morgan fingerprint density at radius 1 is 1.15 bits per heavy atom. The number of carbonyl (C=O) groups is 1. The van der Waals surface area contributed by atoms with E-state index in [2.05, 4.69) is 28.9 Å². The molecular formula is C22H29N3O2. The van der Waals surface area contributed by atoms with Gasteiger partial charge in [0.15, 0.2) is 0 Å². The summed E-state index contributed by atoms with van der Waals surface area (Å²) < 4.78 is 5.74. The smallest absolute Gasteiger partial charge is 0.250 e. The van der Waals surface area contributed by atoms with Gasteiger partial charge in [0, 0.05) is 24.8 Å². The van der Waals surface area contributed by atoms with Crippen molar-refractivity contribution < 1.29 is 9.53 Å². The quantitative estimate of drug-likeness (QED) is 0.722. The van der Waals surface area contributed by atoms with E-state index in [1.165, 1.54) is 50.4 Å². The lowest BCUT2D eigenvalue weighted by atomic mass is 10.1. The number of benzene rings is 1. The zero-order chi connectivity index (χ0) is 19.1. The van der Waals surface area contributed by atoms with Crippen LogP contribution in [0.25, 0.3) is 0 Å². The van der Waals surface area contributed by atoms with Crippen LogP contribution in [0, 0.1) is 0 Å². The lowest BCUT2D eigenvalue weighted by Crippen LogP contribution is -2.35. The van der Waals surface area contributed by atoms with E-state index in [1.807, 2.05) is 12.1 Å². The van der Waals surface area contributed by atoms with Crippen molar-refractivity contribution in [2.75, 3.05) is 13.1 Å². The summed E-state index contributed by atoms with van der Waals surface area (Å²) in [5.41, 5.74) is 6.91. The number of carbonyl (C=O) groups excluding carboxylic acids is 1. The fourth-order valence-corrected chi connectivity index (χ4v) is 3.74. The molecule has 0 saturated heterocycles. The van der Waals surface area contributed by atoms with Crippen LogP contribution in [0.2, 0.25) is 0 Å². The number of pyridine rings is 1. The van der Waals surface area contributed by atoms with Crippen molar-refractivity contribution in [1.29, 1.82) is 0 Å². The monoisotopic (exact) mass is 367 g/mol. The normalized spacial score (nSPS) is 14.6. The maximum atomic E-state index is 11.1. The van der Waals surface area contributed by atoms with Gasteiger partial charge in [-0.3, -0.25) is 4.79 Å². The van der Waals surface area contributed by atoms with E-state index in [0.29, 0.717) is 11.4 Å². The molecule has 144 valence electrons. The van der Waals surface area contributed by atoms with Gasteiger partial charge in [0.25, 0.3) is 0 Å². The number of primary amides is 1. The molecule has 5 nitrogen and oxygen atoms in total. The Morgan fingerprint density at radius 2 is 1.89 bits per heavy atom. The van der Waals surface area contributed by atoms with Crippen molar-refractivity contribution in [2.24, 2.45) is 5.73 Å². The van der Waals surface area contributed by atoms with Crippen LogP contribution in [0.3, 0.4) is 0 Å². The summed E-state index contributed by atoms with van der Waals surface area (Å²) in [5, 5.41) is 0. The molecule has 1 heterocycles. The van der Waals surface area contributed by atoms with Gasteiger partial charge in [-0.2, -0.15) is 0 Å². The molecular weight excluding hydrogens is 338 g/mol. The highest BCUT2D eigenvalue weighted by atomic mass is 16.5. The number of nitrogens with zero attached hydrogens (tertiary/aromatic N) is 2. The van der Waals surface area contributed by atoms with Gasteiger partial charge >= 0.3 is 0 Å². The molecule has 0 radical (unpaired) electrons. The summed E-state index contributed by atoms with van der Waals surface area (Å²) >= 11 is 0. The van der Waals surface area contributed by atoms with Crippen LogP contribution in [0.15, 0.2) is 42.6 Å². The highest BCUT2D eigenvalue weighted by Gasteiger charge is 2.21. The number of rotatable bonds is 9. The highest BCUT2D eigenvalue weighted by Crippen LogP contribution is 2.24.